The van der Waals surface area contributed by atoms with E-state index in [1.54, 1.807) is 11.3 Å². The third kappa shape index (κ3) is 2.56. The average molecular weight is 293 g/mol. The third-order valence-electron chi connectivity index (χ3n) is 3.41. The zero-order chi connectivity index (χ0) is 13.9. The lowest BCUT2D eigenvalue weighted by atomic mass is 10.2. The fourth-order valence-corrected chi connectivity index (χ4v) is 3.30. The van der Waals surface area contributed by atoms with Gasteiger partial charge >= 0.3 is 0 Å². The number of anilines is 2. The average Bonchev–Trinajstić information content (AvgIpc) is 2.87. The number of nitrogens with one attached hydrogen (secondary N) is 2. The van der Waals surface area contributed by atoms with E-state index in [1.165, 1.54) is 5.56 Å². The molecule has 108 valence electrons. The van der Waals surface area contributed by atoms with Gasteiger partial charge < -0.3 is 20.6 Å². The van der Waals surface area contributed by atoms with E-state index in [0.29, 0.717) is 6.54 Å². The van der Waals surface area contributed by atoms with Crippen molar-refractivity contribution in [2.45, 2.75) is 6.92 Å². The number of hydrogen-bond donors (Lipinski definition) is 3. The van der Waals surface area contributed by atoms with Crippen LogP contribution in [0.25, 0.3) is 10.2 Å². The maximum Gasteiger partial charge on any atom is 0.228 e. The smallest absolute Gasteiger partial charge is 0.228 e. The number of aliphatic hydroxyl groups is 1. The molecule has 1 saturated heterocycles. The summed E-state index contributed by atoms with van der Waals surface area (Å²) in [6, 6.07) is 0. The van der Waals surface area contributed by atoms with Gasteiger partial charge in [-0.2, -0.15) is 4.98 Å². The molecule has 0 saturated carbocycles. The van der Waals surface area contributed by atoms with Crippen molar-refractivity contribution in [3.63, 3.8) is 0 Å². The summed E-state index contributed by atoms with van der Waals surface area (Å²) in [6.07, 6.45) is 0. The van der Waals surface area contributed by atoms with E-state index >= 15 is 0 Å². The maximum atomic E-state index is 9.02. The van der Waals surface area contributed by atoms with Crippen molar-refractivity contribution < 1.29 is 5.11 Å². The Hall–Kier alpha value is -1.44. The minimum atomic E-state index is 0.0949. The molecule has 3 heterocycles. The van der Waals surface area contributed by atoms with E-state index in [0.717, 1.165) is 48.2 Å². The van der Waals surface area contributed by atoms with Crippen LogP contribution in [-0.4, -0.2) is 54.4 Å². The molecule has 1 aliphatic heterocycles. The van der Waals surface area contributed by atoms with Crippen molar-refractivity contribution in [3.05, 3.63) is 10.9 Å². The molecular weight excluding hydrogens is 274 g/mol. The van der Waals surface area contributed by atoms with Crippen LogP contribution in [0.2, 0.25) is 0 Å². The zero-order valence-electron chi connectivity index (χ0n) is 11.5. The van der Waals surface area contributed by atoms with Gasteiger partial charge in [0.25, 0.3) is 0 Å². The first kappa shape index (κ1) is 13.5. The third-order valence-corrected chi connectivity index (χ3v) is 4.40. The van der Waals surface area contributed by atoms with Gasteiger partial charge in [0.1, 0.15) is 10.6 Å². The highest BCUT2D eigenvalue weighted by atomic mass is 32.1. The van der Waals surface area contributed by atoms with Crippen molar-refractivity contribution in [2.24, 2.45) is 0 Å². The molecule has 0 unspecified atom stereocenters. The van der Waals surface area contributed by atoms with Crippen LogP contribution >= 0.6 is 11.3 Å². The van der Waals surface area contributed by atoms with Gasteiger partial charge in [-0.15, -0.1) is 11.3 Å². The van der Waals surface area contributed by atoms with Gasteiger partial charge in [0, 0.05) is 32.7 Å². The highest BCUT2D eigenvalue weighted by molar-refractivity contribution is 7.17. The number of piperazine rings is 1. The summed E-state index contributed by atoms with van der Waals surface area (Å²) in [5, 5.41) is 18.7. The molecular formula is C13H19N5OS. The lowest BCUT2D eigenvalue weighted by Gasteiger charge is -2.27. The number of aliphatic hydroxyl groups excluding tert-OH is 1. The molecule has 7 heteroatoms. The monoisotopic (exact) mass is 293 g/mol. The molecule has 1 aliphatic rings. The second-order valence-corrected chi connectivity index (χ2v) is 5.72. The van der Waals surface area contributed by atoms with Gasteiger partial charge in [0.15, 0.2) is 0 Å². The highest BCUT2D eigenvalue weighted by Gasteiger charge is 2.17. The van der Waals surface area contributed by atoms with Crippen LogP contribution < -0.4 is 15.5 Å². The second-order valence-electron chi connectivity index (χ2n) is 4.86. The van der Waals surface area contributed by atoms with Gasteiger partial charge in [-0.1, -0.05) is 0 Å². The quantitative estimate of drug-likeness (QED) is 0.775. The van der Waals surface area contributed by atoms with E-state index in [2.05, 4.69) is 32.8 Å². The van der Waals surface area contributed by atoms with E-state index in [9.17, 15) is 0 Å². The summed E-state index contributed by atoms with van der Waals surface area (Å²) in [5.74, 6) is 1.61. The molecule has 0 radical (unpaired) electrons. The standard InChI is InChI=1S/C13H19N5OS/c1-9-8-20-12-10(9)11(15-4-7-19)16-13(17-12)18-5-2-14-3-6-18/h8,14,19H,2-7H2,1H3,(H,15,16,17). The van der Waals surface area contributed by atoms with Crippen LogP contribution in [0.15, 0.2) is 5.38 Å². The predicted octanol–water partition coefficient (Wildman–Crippen LogP) is 0.814. The molecule has 6 nitrogen and oxygen atoms in total. The van der Waals surface area contributed by atoms with Gasteiger partial charge in [0.05, 0.1) is 12.0 Å². The molecule has 1 fully saturated rings. The molecule has 0 aliphatic carbocycles. The van der Waals surface area contributed by atoms with Gasteiger partial charge in [0.2, 0.25) is 5.95 Å². The molecule has 3 N–H and O–H groups in total. The van der Waals surface area contributed by atoms with Crippen molar-refractivity contribution >= 4 is 33.3 Å². The summed E-state index contributed by atoms with van der Waals surface area (Å²) < 4.78 is 0. The Morgan fingerprint density at radius 2 is 2.20 bits per heavy atom. The number of fused-ring (bicyclic) bond motifs is 1. The molecule has 0 atom stereocenters. The second kappa shape index (κ2) is 5.90. The Balaban J connectivity index is 2.00. The Morgan fingerprint density at radius 1 is 1.40 bits per heavy atom. The fraction of sp³-hybridized carbons (Fsp3) is 0.538. The van der Waals surface area contributed by atoms with Crippen LogP contribution in [-0.2, 0) is 0 Å². The summed E-state index contributed by atoms with van der Waals surface area (Å²) in [6.45, 7) is 6.44. The van der Waals surface area contributed by atoms with Crippen LogP contribution in [0.1, 0.15) is 5.56 Å². The number of rotatable bonds is 4. The molecule has 0 aromatic carbocycles. The molecule has 20 heavy (non-hydrogen) atoms. The van der Waals surface area contributed by atoms with Gasteiger partial charge in [-0.3, -0.25) is 0 Å². The first-order valence-electron chi connectivity index (χ1n) is 6.86. The summed E-state index contributed by atoms with van der Waals surface area (Å²) >= 11 is 1.64. The predicted molar refractivity (Wildman–Crippen MR) is 82.8 cm³/mol. The number of nitrogens with zero attached hydrogens (tertiary/aromatic N) is 3. The van der Waals surface area contributed by atoms with E-state index in [4.69, 9.17) is 10.1 Å². The van der Waals surface area contributed by atoms with Crippen LogP contribution in [0, 0.1) is 6.92 Å². The van der Waals surface area contributed by atoms with Crippen molar-refractivity contribution in [1.82, 2.24) is 15.3 Å². The van der Waals surface area contributed by atoms with Gasteiger partial charge in [-0.05, 0) is 17.9 Å². The number of aryl methyl sites for hydroxylation is 1. The van der Waals surface area contributed by atoms with Gasteiger partial charge in [-0.25, -0.2) is 4.98 Å². The Morgan fingerprint density at radius 3 is 2.95 bits per heavy atom. The number of aromatic nitrogens is 2. The van der Waals surface area contributed by atoms with E-state index in [1.807, 2.05) is 0 Å². The summed E-state index contributed by atoms with van der Waals surface area (Å²) in [4.78, 5) is 12.6. The normalized spacial score (nSPS) is 15.8. The van der Waals surface area contributed by atoms with Crippen molar-refractivity contribution in [1.29, 1.82) is 0 Å². The number of thiophene rings is 1. The Bertz CT molecular complexity index is 594. The van der Waals surface area contributed by atoms with Crippen LogP contribution in [0.4, 0.5) is 11.8 Å². The zero-order valence-corrected chi connectivity index (χ0v) is 12.3. The highest BCUT2D eigenvalue weighted by Crippen LogP contribution is 2.31. The SMILES string of the molecule is Cc1csc2nc(N3CCNCC3)nc(NCCO)c12. The molecule has 0 bridgehead atoms. The minimum Gasteiger partial charge on any atom is -0.395 e. The summed E-state index contributed by atoms with van der Waals surface area (Å²) in [5.41, 5.74) is 1.18. The summed E-state index contributed by atoms with van der Waals surface area (Å²) in [7, 11) is 0. The molecule has 0 amide bonds. The van der Waals surface area contributed by atoms with Crippen molar-refractivity contribution in [2.75, 3.05) is 49.5 Å². The number of hydrogen-bond acceptors (Lipinski definition) is 7. The molecule has 2 aromatic rings. The largest absolute Gasteiger partial charge is 0.395 e. The fourth-order valence-electron chi connectivity index (χ4n) is 2.38. The topological polar surface area (TPSA) is 73.3 Å². The van der Waals surface area contributed by atoms with Crippen molar-refractivity contribution in [3.8, 4) is 0 Å². The van der Waals surface area contributed by atoms with Crippen LogP contribution in [0.5, 0.6) is 0 Å². The molecule has 2 aromatic heterocycles. The Kier molecular flexibility index (Phi) is 4.00. The first-order chi connectivity index (χ1) is 9.79. The minimum absolute atomic E-state index is 0.0949. The van der Waals surface area contributed by atoms with E-state index < -0.39 is 0 Å². The maximum absolute atomic E-state index is 9.02. The lowest BCUT2D eigenvalue weighted by Crippen LogP contribution is -2.44. The van der Waals surface area contributed by atoms with Crippen LogP contribution in [0.3, 0.4) is 0 Å². The molecule has 3 rings (SSSR count). The lowest BCUT2D eigenvalue weighted by molar-refractivity contribution is 0.311. The van der Waals surface area contributed by atoms with E-state index in [-0.39, 0.29) is 6.61 Å². The molecule has 0 spiro atoms. The first-order valence-corrected chi connectivity index (χ1v) is 7.74. The Labute approximate surface area is 121 Å².